The van der Waals surface area contributed by atoms with E-state index in [1.165, 1.54) is 25.6 Å². The molecule has 6 nitrogen and oxygen atoms in total. The molecule has 104 valence electrons. The first-order valence-electron chi connectivity index (χ1n) is 6.46. The molecule has 1 aliphatic carbocycles. The molecule has 0 atom stereocenters. The van der Waals surface area contributed by atoms with Gasteiger partial charge in [0.2, 0.25) is 5.91 Å². The molecule has 19 heavy (non-hydrogen) atoms. The van der Waals surface area contributed by atoms with Gasteiger partial charge in [-0.3, -0.25) is 4.79 Å². The Hall–Kier alpha value is -1.56. The van der Waals surface area contributed by atoms with Crippen LogP contribution < -0.4 is 16.4 Å². The van der Waals surface area contributed by atoms with E-state index >= 15 is 0 Å². The lowest BCUT2D eigenvalue weighted by Gasteiger charge is -2.22. The van der Waals surface area contributed by atoms with Gasteiger partial charge in [0.1, 0.15) is 17.2 Å². The third kappa shape index (κ3) is 3.96. The summed E-state index contributed by atoms with van der Waals surface area (Å²) in [6.07, 6.45) is 7.07. The highest BCUT2D eigenvalue weighted by Crippen LogP contribution is 2.22. The van der Waals surface area contributed by atoms with Crippen molar-refractivity contribution in [3.05, 3.63) is 11.3 Å². The fraction of sp³-hybridized carbons (Fsp3) is 0.583. The van der Waals surface area contributed by atoms with Gasteiger partial charge in [-0.15, -0.1) is 0 Å². The minimum atomic E-state index is -0.0554. The van der Waals surface area contributed by atoms with Crippen molar-refractivity contribution in [1.82, 2.24) is 15.3 Å². The molecule has 2 rings (SSSR count). The number of nitrogens with one attached hydrogen (secondary N) is 2. The van der Waals surface area contributed by atoms with Crippen molar-refractivity contribution in [1.29, 1.82) is 0 Å². The molecular weight excluding hydrogens is 266 g/mol. The van der Waals surface area contributed by atoms with Crippen LogP contribution >= 0.6 is 11.6 Å². The molecule has 0 aromatic carbocycles. The predicted octanol–water partition coefficient (Wildman–Crippen LogP) is 1.57. The quantitative estimate of drug-likeness (QED) is 0.780. The fourth-order valence-electron chi connectivity index (χ4n) is 2.20. The van der Waals surface area contributed by atoms with Gasteiger partial charge in [0, 0.05) is 6.04 Å². The van der Waals surface area contributed by atoms with E-state index in [9.17, 15) is 4.79 Å². The lowest BCUT2D eigenvalue weighted by Crippen LogP contribution is -2.39. The fourth-order valence-corrected chi connectivity index (χ4v) is 2.36. The second kappa shape index (κ2) is 6.56. The van der Waals surface area contributed by atoms with Crippen LogP contribution in [0.15, 0.2) is 6.33 Å². The van der Waals surface area contributed by atoms with Gasteiger partial charge in [-0.2, -0.15) is 0 Å². The number of halogens is 1. The van der Waals surface area contributed by atoms with Crippen LogP contribution in [0.3, 0.4) is 0 Å². The number of nitrogens with two attached hydrogens (primary N) is 1. The molecule has 0 radical (unpaired) electrons. The van der Waals surface area contributed by atoms with Crippen LogP contribution in [-0.4, -0.2) is 28.5 Å². The van der Waals surface area contributed by atoms with Crippen LogP contribution in [0.2, 0.25) is 5.02 Å². The standard InChI is InChI=1S/C12H18ClN5O/c13-10-11(14)16-7-17-12(10)15-6-9(19)18-8-4-2-1-3-5-8/h7-8H,1-6H2,(H,18,19)(H3,14,15,16,17). The van der Waals surface area contributed by atoms with E-state index in [-0.39, 0.29) is 23.3 Å². The Morgan fingerprint density at radius 1 is 1.37 bits per heavy atom. The summed E-state index contributed by atoms with van der Waals surface area (Å²) in [5.41, 5.74) is 5.55. The third-order valence-corrected chi connectivity index (χ3v) is 3.58. The minimum Gasteiger partial charge on any atom is -0.382 e. The van der Waals surface area contributed by atoms with E-state index in [0.717, 1.165) is 12.8 Å². The van der Waals surface area contributed by atoms with Crippen LogP contribution in [-0.2, 0) is 4.79 Å². The average molecular weight is 284 g/mol. The van der Waals surface area contributed by atoms with E-state index in [0.29, 0.717) is 11.9 Å². The molecule has 4 N–H and O–H groups in total. The Kier molecular flexibility index (Phi) is 4.79. The zero-order chi connectivity index (χ0) is 13.7. The molecular formula is C12H18ClN5O. The largest absolute Gasteiger partial charge is 0.382 e. The van der Waals surface area contributed by atoms with E-state index in [1.54, 1.807) is 0 Å². The molecule has 0 aliphatic heterocycles. The van der Waals surface area contributed by atoms with E-state index in [4.69, 9.17) is 17.3 Å². The summed E-state index contributed by atoms with van der Waals surface area (Å²) in [5.74, 6) is 0.528. The van der Waals surface area contributed by atoms with Crippen molar-refractivity contribution < 1.29 is 4.79 Å². The van der Waals surface area contributed by atoms with Gasteiger partial charge in [0.05, 0.1) is 6.54 Å². The molecule has 1 amide bonds. The first-order chi connectivity index (χ1) is 9.16. The Balaban J connectivity index is 1.81. The Labute approximate surface area is 117 Å². The summed E-state index contributed by atoms with van der Waals surface area (Å²) >= 11 is 5.92. The zero-order valence-corrected chi connectivity index (χ0v) is 11.4. The number of amides is 1. The van der Waals surface area contributed by atoms with Gasteiger partial charge in [-0.25, -0.2) is 9.97 Å². The van der Waals surface area contributed by atoms with Crippen LogP contribution in [0, 0.1) is 0 Å². The van der Waals surface area contributed by atoms with Crippen molar-refractivity contribution in [2.75, 3.05) is 17.6 Å². The van der Waals surface area contributed by atoms with Gasteiger partial charge in [0.25, 0.3) is 0 Å². The minimum absolute atomic E-state index is 0.0554. The summed E-state index contributed by atoms with van der Waals surface area (Å²) in [6, 6.07) is 0.300. The summed E-state index contributed by atoms with van der Waals surface area (Å²) in [7, 11) is 0. The van der Waals surface area contributed by atoms with Gasteiger partial charge in [0.15, 0.2) is 5.82 Å². The molecule has 0 bridgehead atoms. The second-order valence-electron chi connectivity index (χ2n) is 4.68. The lowest BCUT2D eigenvalue weighted by molar-refractivity contribution is -0.120. The number of carbonyl (C=O) groups excluding carboxylic acids is 1. The number of rotatable bonds is 4. The molecule has 0 saturated heterocycles. The monoisotopic (exact) mass is 283 g/mol. The molecule has 1 saturated carbocycles. The molecule has 1 aromatic rings. The predicted molar refractivity (Wildman–Crippen MR) is 75.0 cm³/mol. The number of hydrogen-bond acceptors (Lipinski definition) is 5. The molecule has 0 spiro atoms. The van der Waals surface area contributed by atoms with Crippen molar-refractivity contribution in [2.45, 2.75) is 38.1 Å². The van der Waals surface area contributed by atoms with Crippen molar-refractivity contribution in [3.63, 3.8) is 0 Å². The number of anilines is 2. The first-order valence-corrected chi connectivity index (χ1v) is 6.84. The van der Waals surface area contributed by atoms with Crippen molar-refractivity contribution in [3.8, 4) is 0 Å². The molecule has 1 aromatic heterocycles. The molecule has 1 fully saturated rings. The summed E-state index contributed by atoms with van der Waals surface area (Å²) < 4.78 is 0. The van der Waals surface area contributed by atoms with Gasteiger partial charge >= 0.3 is 0 Å². The number of hydrogen-bond donors (Lipinski definition) is 3. The third-order valence-electron chi connectivity index (χ3n) is 3.20. The number of nitrogens with zero attached hydrogens (tertiary/aromatic N) is 2. The Bertz CT molecular complexity index is 448. The summed E-state index contributed by atoms with van der Waals surface area (Å²) in [4.78, 5) is 19.5. The highest BCUT2D eigenvalue weighted by molar-refractivity contribution is 6.35. The summed E-state index contributed by atoms with van der Waals surface area (Å²) in [5, 5.41) is 6.12. The van der Waals surface area contributed by atoms with Gasteiger partial charge in [-0.05, 0) is 12.8 Å². The molecule has 7 heteroatoms. The second-order valence-corrected chi connectivity index (χ2v) is 5.06. The SMILES string of the molecule is Nc1ncnc(NCC(=O)NC2CCCCC2)c1Cl. The lowest BCUT2D eigenvalue weighted by atomic mass is 9.95. The Morgan fingerprint density at radius 3 is 2.84 bits per heavy atom. The van der Waals surface area contributed by atoms with Gasteiger partial charge < -0.3 is 16.4 Å². The highest BCUT2D eigenvalue weighted by atomic mass is 35.5. The van der Waals surface area contributed by atoms with E-state index in [2.05, 4.69) is 20.6 Å². The Morgan fingerprint density at radius 2 is 2.11 bits per heavy atom. The van der Waals surface area contributed by atoms with Crippen LogP contribution in [0.25, 0.3) is 0 Å². The van der Waals surface area contributed by atoms with Crippen LogP contribution in [0.5, 0.6) is 0 Å². The molecule has 0 unspecified atom stereocenters. The average Bonchev–Trinajstić information content (AvgIpc) is 2.42. The maximum Gasteiger partial charge on any atom is 0.239 e. The number of nitrogen functional groups attached to an aromatic ring is 1. The summed E-state index contributed by atoms with van der Waals surface area (Å²) in [6.45, 7) is 0.132. The van der Waals surface area contributed by atoms with Crippen molar-refractivity contribution >= 4 is 29.1 Å². The highest BCUT2D eigenvalue weighted by Gasteiger charge is 2.15. The normalized spacial score (nSPS) is 16.1. The van der Waals surface area contributed by atoms with Crippen molar-refractivity contribution in [2.24, 2.45) is 0 Å². The number of carbonyl (C=O) groups is 1. The van der Waals surface area contributed by atoms with Gasteiger partial charge in [-0.1, -0.05) is 30.9 Å². The number of aromatic nitrogens is 2. The van der Waals surface area contributed by atoms with Crippen LogP contribution in [0.1, 0.15) is 32.1 Å². The van der Waals surface area contributed by atoms with Crippen LogP contribution in [0.4, 0.5) is 11.6 Å². The topological polar surface area (TPSA) is 92.9 Å². The first kappa shape index (κ1) is 13.9. The zero-order valence-electron chi connectivity index (χ0n) is 10.7. The molecule has 1 heterocycles. The van der Waals surface area contributed by atoms with E-state index < -0.39 is 0 Å². The maximum absolute atomic E-state index is 11.8. The maximum atomic E-state index is 11.8. The van der Waals surface area contributed by atoms with E-state index in [1.807, 2.05) is 0 Å². The molecule has 1 aliphatic rings. The smallest absolute Gasteiger partial charge is 0.239 e.